The normalized spacial score (nSPS) is 10.2. The predicted molar refractivity (Wildman–Crippen MR) is 52.3 cm³/mol. The molecule has 0 aliphatic heterocycles. The van der Waals surface area contributed by atoms with Crippen molar-refractivity contribution in [1.29, 1.82) is 0 Å². The molecule has 0 bridgehead atoms. The zero-order valence-electron chi connectivity index (χ0n) is 8.36. The molecule has 0 amide bonds. The van der Waals surface area contributed by atoms with Crippen LogP contribution in [-0.2, 0) is 4.79 Å². The summed E-state index contributed by atoms with van der Waals surface area (Å²) >= 11 is 0. The lowest BCUT2D eigenvalue weighted by Gasteiger charge is -2.00. The maximum absolute atomic E-state index is 10.6. The summed E-state index contributed by atoms with van der Waals surface area (Å²) in [6, 6.07) is 0. The molecule has 0 aliphatic rings. The number of hydrogen-bond donors (Lipinski definition) is 1. The molecule has 2 nitrogen and oxygen atoms in total. The van der Waals surface area contributed by atoms with Gasteiger partial charge in [0.1, 0.15) is 5.78 Å². The van der Waals surface area contributed by atoms with Crippen LogP contribution in [0.4, 0.5) is 0 Å². The fourth-order valence-electron chi connectivity index (χ4n) is 1.15. The molecular weight excluding hydrogens is 150 g/mol. The van der Waals surface area contributed by atoms with Crippen molar-refractivity contribution in [3.8, 4) is 0 Å². The van der Waals surface area contributed by atoms with Gasteiger partial charge in [0.05, 0.1) is 0 Å². The molecule has 0 atom stereocenters. The molecule has 0 aliphatic carbocycles. The van der Waals surface area contributed by atoms with Gasteiger partial charge in [-0.25, -0.2) is 0 Å². The van der Waals surface area contributed by atoms with Gasteiger partial charge in [0, 0.05) is 6.42 Å². The smallest absolute Gasteiger partial charge is 0.129 e. The van der Waals surface area contributed by atoms with E-state index in [1.165, 1.54) is 19.3 Å². The molecule has 0 heterocycles. The summed E-state index contributed by atoms with van der Waals surface area (Å²) in [6.45, 7) is 5.97. The maximum atomic E-state index is 10.6. The Morgan fingerprint density at radius 3 is 2.42 bits per heavy atom. The van der Waals surface area contributed by atoms with Crippen LogP contribution in [0, 0.1) is 0 Å². The summed E-state index contributed by atoms with van der Waals surface area (Å²) in [6.07, 6.45) is 5.53. The van der Waals surface area contributed by atoms with E-state index in [9.17, 15) is 4.79 Å². The first-order valence-corrected chi connectivity index (χ1v) is 4.97. The number of hydrogen-bond acceptors (Lipinski definition) is 2. The summed E-state index contributed by atoms with van der Waals surface area (Å²) < 4.78 is 0. The maximum Gasteiger partial charge on any atom is 0.129 e. The Morgan fingerprint density at radius 1 is 1.17 bits per heavy atom. The lowest BCUT2D eigenvalue weighted by molar-refractivity contribution is -0.117. The van der Waals surface area contributed by atoms with Gasteiger partial charge in [0.25, 0.3) is 0 Å². The van der Waals surface area contributed by atoms with Gasteiger partial charge in [-0.1, -0.05) is 19.8 Å². The minimum absolute atomic E-state index is 0.321. The van der Waals surface area contributed by atoms with Gasteiger partial charge in [-0.15, -0.1) is 0 Å². The largest absolute Gasteiger partial charge is 0.317 e. The molecule has 0 fully saturated rings. The van der Waals surface area contributed by atoms with E-state index < -0.39 is 0 Å². The minimum Gasteiger partial charge on any atom is -0.317 e. The van der Waals surface area contributed by atoms with Crippen molar-refractivity contribution in [2.24, 2.45) is 0 Å². The van der Waals surface area contributed by atoms with Crippen LogP contribution in [-0.4, -0.2) is 18.9 Å². The average Bonchev–Trinajstić information content (AvgIpc) is 2.02. The average molecular weight is 171 g/mol. The van der Waals surface area contributed by atoms with Gasteiger partial charge < -0.3 is 10.1 Å². The van der Waals surface area contributed by atoms with Crippen molar-refractivity contribution in [3.63, 3.8) is 0 Å². The van der Waals surface area contributed by atoms with Gasteiger partial charge in [-0.2, -0.15) is 0 Å². The Labute approximate surface area is 75.7 Å². The topological polar surface area (TPSA) is 29.1 Å². The minimum atomic E-state index is 0.321. The zero-order chi connectivity index (χ0) is 9.23. The van der Waals surface area contributed by atoms with Crippen molar-refractivity contribution in [2.45, 2.75) is 46.0 Å². The van der Waals surface area contributed by atoms with Crippen LogP contribution in [0.2, 0.25) is 0 Å². The van der Waals surface area contributed by atoms with Gasteiger partial charge >= 0.3 is 0 Å². The SMILES string of the molecule is CCNCCCCCCC(C)=O. The summed E-state index contributed by atoms with van der Waals surface area (Å²) in [7, 11) is 0. The highest BCUT2D eigenvalue weighted by Crippen LogP contribution is 2.02. The summed E-state index contributed by atoms with van der Waals surface area (Å²) in [5, 5.41) is 3.28. The van der Waals surface area contributed by atoms with Crippen LogP contribution in [0.1, 0.15) is 46.0 Å². The van der Waals surface area contributed by atoms with Crippen molar-refractivity contribution in [2.75, 3.05) is 13.1 Å². The van der Waals surface area contributed by atoms with Crippen LogP contribution in [0.5, 0.6) is 0 Å². The standard InChI is InChI=1S/C10H21NO/c1-3-11-9-7-5-4-6-8-10(2)12/h11H,3-9H2,1-2H3. The molecule has 0 rings (SSSR count). The quantitative estimate of drug-likeness (QED) is 0.567. The molecule has 0 unspecified atom stereocenters. The lowest BCUT2D eigenvalue weighted by atomic mass is 10.1. The second kappa shape index (κ2) is 8.72. The molecular formula is C10H21NO. The van der Waals surface area contributed by atoms with Gasteiger partial charge in [-0.05, 0) is 32.9 Å². The number of rotatable bonds is 8. The molecule has 0 radical (unpaired) electrons. The number of carbonyl (C=O) groups excluding carboxylic acids is 1. The molecule has 0 spiro atoms. The van der Waals surface area contributed by atoms with Crippen molar-refractivity contribution in [3.05, 3.63) is 0 Å². The molecule has 0 aromatic heterocycles. The number of unbranched alkanes of at least 4 members (excludes halogenated alkanes) is 3. The highest BCUT2D eigenvalue weighted by molar-refractivity contribution is 5.75. The van der Waals surface area contributed by atoms with E-state index in [2.05, 4.69) is 12.2 Å². The van der Waals surface area contributed by atoms with Gasteiger partial charge in [0.15, 0.2) is 0 Å². The van der Waals surface area contributed by atoms with Crippen LogP contribution in [0.25, 0.3) is 0 Å². The van der Waals surface area contributed by atoms with E-state index >= 15 is 0 Å². The highest BCUT2D eigenvalue weighted by Gasteiger charge is 1.93. The molecule has 0 aromatic rings. The Morgan fingerprint density at radius 2 is 1.83 bits per heavy atom. The Bertz CT molecular complexity index is 112. The third-order valence-corrected chi connectivity index (χ3v) is 1.88. The molecule has 0 saturated carbocycles. The van der Waals surface area contributed by atoms with E-state index in [0.29, 0.717) is 5.78 Å². The van der Waals surface area contributed by atoms with Gasteiger partial charge in [0.2, 0.25) is 0 Å². The highest BCUT2D eigenvalue weighted by atomic mass is 16.1. The molecule has 12 heavy (non-hydrogen) atoms. The van der Waals surface area contributed by atoms with Crippen molar-refractivity contribution >= 4 is 5.78 Å². The molecule has 1 N–H and O–H groups in total. The first kappa shape index (κ1) is 11.6. The Balaban J connectivity index is 2.86. The van der Waals surface area contributed by atoms with Crippen LogP contribution >= 0.6 is 0 Å². The lowest BCUT2D eigenvalue weighted by Crippen LogP contribution is -2.13. The fraction of sp³-hybridized carbons (Fsp3) is 0.900. The van der Waals surface area contributed by atoms with E-state index in [1.807, 2.05) is 0 Å². The van der Waals surface area contributed by atoms with Crippen LogP contribution in [0.3, 0.4) is 0 Å². The Kier molecular flexibility index (Phi) is 8.46. The summed E-state index contributed by atoms with van der Waals surface area (Å²) in [5.41, 5.74) is 0. The molecule has 0 aromatic carbocycles. The molecule has 0 saturated heterocycles. The fourth-order valence-corrected chi connectivity index (χ4v) is 1.15. The number of carbonyl (C=O) groups is 1. The van der Waals surface area contributed by atoms with E-state index in [0.717, 1.165) is 25.9 Å². The first-order valence-electron chi connectivity index (χ1n) is 4.97. The number of Topliss-reactive ketones (excluding diaryl/α,β-unsaturated/α-hetero) is 1. The van der Waals surface area contributed by atoms with E-state index in [4.69, 9.17) is 0 Å². The number of ketones is 1. The predicted octanol–water partition coefficient (Wildman–Crippen LogP) is 2.14. The summed E-state index contributed by atoms with van der Waals surface area (Å²) in [5.74, 6) is 0.321. The first-order chi connectivity index (χ1) is 5.77. The number of nitrogens with one attached hydrogen (secondary N) is 1. The molecule has 72 valence electrons. The van der Waals surface area contributed by atoms with E-state index in [1.54, 1.807) is 6.92 Å². The third-order valence-electron chi connectivity index (χ3n) is 1.88. The summed E-state index contributed by atoms with van der Waals surface area (Å²) in [4.78, 5) is 10.6. The molecule has 2 heteroatoms. The van der Waals surface area contributed by atoms with Crippen LogP contribution < -0.4 is 5.32 Å². The monoisotopic (exact) mass is 171 g/mol. The van der Waals surface area contributed by atoms with Crippen molar-refractivity contribution in [1.82, 2.24) is 5.32 Å². The van der Waals surface area contributed by atoms with Crippen molar-refractivity contribution < 1.29 is 4.79 Å². The second-order valence-corrected chi connectivity index (χ2v) is 3.22. The third kappa shape index (κ3) is 9.63. The van der Waals surface area contributed by atoms with E-state index in [-0.39, 0.29) is 0 Å². The zero-order valence-corrected chi connectivity index (χ0v) is 8.36. The van der Waals surface area contributed by atoms with Gasteiger partial charge in [-0.3, -0.25) is 0 Å². The second-order valence-electron chi connectivity index (χ2n) is 3.22. The van der Waals surface area contributed by atoms with Crippen LogP contribution in [0.15, 0.2) is 0 Å². The Hall–Kier alpha value is -0.370.